The van der Waals surface area contributed by atoms with E-state index >= 15 is 0 Å². The van der Waals surface area contributed by atoms with Crippen LogP contribution in [0.25, 0.3) is 0 Å². The third-order valence-corrected chi connectivity index (χ3v) is 3.32. The molecule has 1 unspecified atom stereocenters. The third-order valence-electron chi connectivity index (χ3n) is 3.32. The summed E-state index contributed by atoms with van der Waals surface area (Å²) in [5.74, 6) is 0. The van der Waals surface area contributed by atoms with E-state index in [2.05, 4.69) is 50.9 Å². The van der Waals surface area contributed by atoms with Crippen LogP contribution in [0.15, 0.2) is 18.2 Å². The van der Waals surface area contributed by atoms with Crippen LogP contribution in [0, 0.1) is 13.8 Å². The Kier molecular flexibility index (Phi) is 5.49. The van der Waals surface area contributed by atoms with Crippen LogP contribution >= 0.6 is 0 Å². The zero-order valence-corrected chi connectivity index (χ0v) is 11.7. The highest BCUT2D eigenvalue weighted by Crippen LogP contribution is 2.21. The summed E-state index contributed by atoms with van der Waals surface area (Å²) >= 11 is 0. The van der Waals surface area contributed by atoms with Gasteiger partial charge in [-0.3, -0.25) is 0 Å². The summed E-state index contributed by atoms with van der Waals surface area (Å²) in [5, 5.41) is 0. The smallest absolute Gasteiger partial charge is 0.0409 e. The maximum Gasteiger partial charge on any atom is 0.0409 e. The molecule has 0 fully saturated rings. The van der Waals surface area contributed by atoms with Gasteiger partial charge < -0.3 is 10.6 Å². The Hall–Kier alpha value is -1.02. The molecular weight excluding hydrogens is 208 g/mol. The Morgan fingerprint density at radius 2 is 1.76 bits per heavy atom. The van der Waals surface area contributed by atoms with Crippen molar-refractivity contribution in [2.24, 2.45) is 5.73 Å². The van der Waals surface area contributed by atoms with Crippen molar-refractivity contribution in [3.05, 3.63) is 29.3 Å². The van der Waals surface area contributed by atoms with Crippen molar-refractivity contribution in [3.8, 4) is 0 Å². The number of benzene rings is 1. The van der Waals surface area contributed by atoms with E-state index in [1.807, 2.05) is 0 Å². The van der Waals surface area contributed by atoms with Crippen LogP contribution in [0.1, 0.15) is 37.3 Å². The lowest BCUT2D eigenvalue weighted by Crippen LogP contribution is -2.38. The molecule has 1 aromatic carbocycles. The van der Waals surface area contributed by atoms with Gasteiger partial charge in [-0.1, -0.05) is 25.8 Å². The number of hydrogen-bond acceptors (Lipinski definition) is 2. The molecule has 1 aromatic rings. The molecule has 0 spiro atoms. The summed E-state index contributed by atoms with van der Waals surface area (Å²) in [6, 6.07) is 7.14. The second kappa shape index (κ2) is 6.65. The van der Waals surface area contributed by atoms with Gasteiger partial charge in [0.2, 0.25) is 0 Å². The molecule has 2 N–H and O–H groups in total. The average molecular weight is 234 g/mol. The Bertz CT molecular complexity index is 327. The second-order valence-corrected chi connectivity index (χ2v) is 4.99. The number of rotatable bonds is 6. The quantitative estimate of drug-likeness (QED) is 0.818. The lowest BCUT2D eigenvalue weighted by atomic mass is 10.1. The van der Waals surface area contributed by atoms with Gasteiger partial charge in [0.25, 0.3) is 0 Å². The van der Waals surface area contributed by atoms with Crippen molar-refractivity contribution in [2.45, 2.75) is 46.1 Å². The lowest BCUT2D eigenvalue weighted by molar-refractivity contribution is 0.558. The summed E-state index contributed by atoms with van der Waals surface area (Å²) in [6.07, 6.45) is 3.66. The van der Waals surface area contributed by atoms with E-state index in [1.54, 1.807) is 0 Å². The van der Waals surface area contributed by atoms with Gasteiger partial charge in [0.1, 0.15) is 0 Å². The fourth-order valence-corrected chi connectivity index (χ4v) is 2.27. The van der Waals surface area contributed by atoms with Crippen LogP contribution in [-0.4, -0.2) is 19.6 Å². The van der Waals surface area contributed by atoms with Gasteiger partial charge in [0.15, 0.2) is 0 Å². The molecule has 0 aromatic heterocycles. The maximum absolute atomic E-state index is 5.89. The number of anilines is 1. The molecule has 0 aliphatic rings. The summed E-state index contributed by atoms with van der Waals surface area (Å²) in [6.45, 7) is 7.25. The van der Waals surface area contributed by atoms with Crippen LogP contribution in [0.2, 0.25) is 0 Å². The Morgan fingerprint density at radius 3 is 2.24 bits per heavy atom. The molecule has 2 heteroatoms. The molecule has 1 rings (SSSR count). The highest BCUT2D eigenvalue weighted by molar-refractivity contribution is 5.51. The third kappa shape index (κ3) is 4.04. The number of hydrogen-bond donors (Lipinski definition) is 1. The first kappa shape index (κ1) is 14.0. The molecule has 0 aliphatic carbocycles. The van der Waals surface area contributed by atoms with Crippen LogP contribution in [0.5, 0.6) is 0 Å². The lowest BCUT2D eigenvalue weighted by Gasteiger charge is -2.29. The molecule has 96 valence electrons. The van der Waals surface area contributed by atoms with Crippen molar-refractivity contribution < 1.29 is 0 Å². The van der Waals surface area contributed by atoms with E-state index in [0.29, 0.717) is 6.04 Å². The van der Waals surface area contributed by atoms with Crippen molar-refractivity contribution in [1.29, 1.82) is 0 Å². The highest BCUT2D eigenvalue weighted by atomic mass is 15.1. The minimum Gasteiger partial charge on any atom is -0.370 e. The topological polar surface area (TPSA) is 29.3 Å². The molecule has 0 saturated carbocycles. The molecule has 0 saturated heterocycles. The van der Waals surface area contributed by atoms with Crippen molar-refractivity contribution in [2.75, 3.05) is 18.5 Å². The summed E-state index contributed by atoms with van der Waals surface area (Å²) < 4.78 is 0. The number of likely N-dealkylation sites (N-methyl/N-ethyl adjacent to an activating group) is 1. The van der Waals surface area contributed by atoms with E-state index in [9.17, 15) is 0 Å². The Labute approximate surface area is 106 Å². The predicted molar refractivity (Wildman–Crippen MR) is 76.7 cm³/mol. The molecule has 17 heavy (non-hydrogen) atoms. The minimum atomic E-state index is 0.455. The molecule has 0 aliphatic heterocycles. The molecule has 0 bridgehead atoms. The van der Waals surface area contributed by atoms with Gasteiger partial charge >= 0.3 is 0 Å². The van der Waals surface area contributed by atoms with E-state index in [-0.39, 0.29) is 0 Å². The van der Waals surface area contributed by atoms with E-state index < -0.39 is 0 Å². The van der Waals surface area contributed by atoms with E-state index in [1.165, 1.54) is 36.1 Å². The molecular formula is C15H26N2. The molecule has 0 heterocycles. The Balaban J connectivity index is 2.81. The first-order valence-corrected chi connectivity index (χ1v) is 6.59. The fourth-order valence-electron chi connectivity index (χ4n) is 2.27. The molecule has 2 nitrogen and oxygen atoms in total. The summed E-state index contributed by atoms with van der Waals surface area (Å²) in [5.41, 5.74) is 9.81. The number of unbranched alkanes of at least 4 members (excludes halogenated alkanes) is 1. The molecule has 0 amide bonds. The standard InChI is InChI=1S/C15H26N2/c1-5-6-7-14(11-16)17(4)15-9-12(2)8-13(3)10-15/h8-10,14H,5-7,11,16H2,1-4H3. The minimum absolute atomic E-state index is 0.455. The van der Waals surface area contributed by atoms with Crippen LogP contribution in [0.4, 0.5) is 5.69 Å². The molecule has 0 radical (unpaired) electrons. The SMILES string of the molecule is CCCCC(CN)N(C)c1cc(C)cc(C)c1. The van der Waals surface area contributed by atoms with Gasteiger partial charge in [-0.15, -0.1) is 0 Å². The fraction of sp³-hybridized carbons (Fsp3) is 0.600. The van der Waals surface area contributed by atoms with E-state index in [4.69, 9.17) is 5.73 Å². The second-order valence-electron chi connectivity index (χ2n) is 4.99. The van der Waals surface area contributed by atoms with E-state index in [0.717, 1.165) is 6.54 Å². The number of nitrogens with zero attached hydrogens (tertiary/aromatic N) is 1. The van der Waals surface area contributed by atoms with Crippen molar-refractivity contribution >= 4 is 5.69 Å². The predicted octanol–water partition coefficient (Wildman–Crippen LogP) is 3.26. The molecule has 1 atom stereocenters. The van der Waals surface area contributed by atoms with Crippen LogP contribution in [-0.2, 0) is 0 Å². The summed E-state index contributed by atoms with van der Waals surface area (Å²) in [7, 11) is 2.15. The number of aryl methyl sites for hydroxylation is 2. The van der Waals surface area contributed by atoms with Crippen LogP contribution < -0.4 is 10.6 Å². The largest absolute Gasteiger partial charge is 0.370 e. The first-order chi connectivity index (χ1) is 8.08. The van der Waals surface area contributed by atoms with Gasteiger partial charge in [0.05, 0.1) is 0 Å². The van der Waals surface area contributed by atoms with Gasteiger partial charge in [-0.25, -0.2) is 0 Å². The highest BCUT2D eigenvalue weighted by Gasteiger charge is 2.13. The number of nitrogens with two attached hydrogens (primary N) is 1. The van der Waals surface area contributed by atoms with Gasteiger partial charge in [-0.05, 0) is 43.5 Å². The van der Waals surface area contributed by atoms with Crippen molar-refractivity contribution in [1.82, 2.24) is 0 Å². The zero-order chi connectivity index (χ0) is 12.8. The van der Waals surface area contributed by atoms with Gasteiger partial charge in [0, 0.05) is 25.3 Å². The summed E-state index contributed by atoms with van der Waals surface area (Å²) in [4.78, 5) is 2.33. The zero-order valence-electron chi connectivity index (χ0n) is 11.7. The normalized spacial score (nSPS) is 12.5. The first-order valence-electron chi connectivity index (χ1n) is 6.59. The van der Waals surface area contributed by atoms with Crippen molar-refractivity contribution in [3.63, 3.8) is 0 Å². The maximum atomic E-state index is 5.89. The Morgan fingerprint density at radius 1 is 1.18 bits per heavy atom. The van der Waals surface area contributed by atoms with Crippen LogP contribution in [0.3, 0.4) is 0 Å². The average Bonchev–Trinajstić information content (AvgIpc) is 2.28. The van der Waals surface area contributed by atoms with Gasteiger partial charge in [-0.2, -0.15) is 0 Å². The monoisotopic (exact) mass is 234 g/mol.